The molecule has 4 nitrogen and oxygen atoms in total. The molecule has 0 atom stereocenters. The molecular formula is C27H18N4. The molecule has 0 aliphatic carbocycles. The van der Waals surface area contributed by atoms with Gasteiger partial charge in [-0.05, 0) is 42.5 Å². The van der Waals surface area contributed by atoms with Crippen LogP contribution in [0.25, 0.3) is 55.0 Å². The van der Waals surface area contributed by atoms with E-state index in [1.54, 1.807) is 0 Å². The summed E-state index contributed by atoms with van der Waals surface area (Å²) in [6.07, 6.45) is 3.79. The van der Waals surface area contributed by atoms with Crippen molar-refractivity contribution in [2.24, 2.45) is 0 Å². The Morgan fingerprint density at radius 1 is 0.581 bits per heavy atom. The van der Waals surface area contributed by atoms with E-state index in [9.17, 15) is 0 Å². The van der Waals surface area contributed by atoms with Gasteiger partial charge in [0, 0.05) is 50.7 Å². The first kappa shape index (κ1) is 16.5. The molecule has 3 heterocycles. The Labute approximate surface area is 178 Å². The minimum Gasteiger partial charge on any atom is -0.354 e. The highest BCUT2D eigenvalue weighted by Gasteiger charge is 2.14. The maximum Gasteiger partial charge on any atom is 0.0666 e. The normalized spacial score (nSPS) is 11.9. The molecule has 1 N–H and O–H groups in total. The van der Waals surface area contributed by atoms with Gasteiger partial charge in [0.15, 0.2) is 0 Å². The highest BCUT2D eigenvalue weighted by Crippen LogP contribution is 2.35. The average molecular weight is 398 g/mol. The molecule has 31 heavy (non-hydrogen) atoms. The van der Waals surface area contributed by atoms with E-state index in [0.717, 1.165) is 22.4 Å². The maximum absolute atomic E-state index is 4.42. The number of H-pyrrole nitrogens is 1. The van der Waals surface area contributed by atoms with Gasteiger partial charge in [0.2, 0.25) is 0 Å². The van der Waals surface area contributed by atoms with Crippen molar-refractivity contribution in [3.8, 4) is 11.4 Å². The van der Waals surface area contributed by atoms with Crippen LogP contribution in [0.3, 0.4) is 0 Å². The van der Waals surface area contributed by atoms with Gasteiger partial charge in [0.25, 0.3) is 0 Å². The second-order valence-corrected chi connectivity index (χ2v) is 7.91. The van der Waals surface area contributed by atoms with Crippen molar-refractivity contribution in [1.29, 1.82) is 0 Å². The molecule has 4 heteroatoms. The number of hydrogen-bond acceptors (Lipinski definition) is 1. The predicted molar refractivity (Wildman–Crippen MR) is 127 cm³/mol. The third kappa shape index (κ3) is 2.33. The minimum atomic E-state index is 1.05. The van der Waals surface area contributed by atoms with E-state index in [0.29, 0.717) is 0 Å². The fourth-order valence-corrected chi connectivity index (χ4v) is 4.78. The Hall–Kier alpha value is -4.31. The van der Waals surface area contributed by atoms with Crippen molar-refractivity contribution in [2.75, 3.05) is 0 Å². The van der Waals surface area contributed by atoms with Crippen molar-refractivity contribution < 1.29 is 0 Å². The van der Waals surface area contributed by atoms with Crippen LogP contribution >= 0.6 is 0 Å². The molecule has 146 valence electrons. The van der Waals surface area contributed by atoms with Gasteiger partial charge in [-0.25, -0.2) is 4.68 Å². The first-order valence-corrected chi connectivity index (χ1v) is 10.4. The number of nitrogens with zero attached hydrogens (tertiary/aromatic N) is 3. The summed E-state index contributed by atoms with van der Waals surface area (Å²) >= 11 is 0. The van der Waals surface area contributed by atoms with E-state index < -0.39 is 0 Å². The zero-order valence-electron chi connectivity index (χ0n) is 16.7. The Balaban J connectivity index is 1.56. The van der Waals surface area contributed by atoms with Crippen LogP contribution in [-0.4, -0.2) is 19.3 Å². The highest BCUT2D eigenvalue weighted by atomic mass is 15.3. The number of rotatable bonds is 2. The van der Waals surface area contributed by atoms with Crippen LogP contribution in [-0.2, 0) is 0 Å². The molecule has 0 amide bonds. The van der Waals surface area contributed by atoms with E-state index in [-0.39, 0.29) is 0 Å². The molecule has 0 saturated carbocycles. The summed E-state index contributed by atoms with van der Waals surface area (Å²) in [6.45, 7) is 0. The van der Waals surface area contributed by atoms with Gasteiger partial charge in [-0.2, -0.15) is 5.10 Å². The Morgan fingerprint density at radius 2 is 1.32 bits per heavy atom. The van der Waals surface area contributed by atoms with E-state index >= 15 is 0 Å². The van der Waals surface area contributed by atoms with Crippen LogP contribution in [0.2, 0.25) is 0 Å². The van der Waals surface area contributed by atoms with Crippen molar-refractivity contribution in [2.45, 2.75) is 0 Å². The maximum atomic E-state index is 4.42. The van der Waals surface area contributed by atoms with Crippen LogP contribution in [0.15, 0.2) is 103 Å². The van der Waals surface area contributed by atoms with Gasteiger partial charge in [-0.3, -0.25) is 0 Å². The molecule has 0 saturated heterocycles. The number of hydrogen-bond donors (Lipinski definition) is 1. The molecule has 0 aliphatic heterocycles. The standard InChI is InChI=1S/C27H18N4/c1-3-8-24-20(6-1)21-12-11-19(16-25(21)29-24)31-26-9-4-2-7-22(26)23-13-10-18(17-27(23)31)30-15-5-14-28-30/h1-17,29H. The summed E-state index contributed by atoms with van der Waals surface area (Å²) in [5, 5.41) is 9.41. The predicted octanol–water partition coefficient (Wildman–Crippen LogP) is 6.60. The van der Waals surface area contributed by atoms with Crippen LogP contribution in [0, 0.1) is 0 Å². The van der Waals surface area contributed by atoms with Gasteiger partial charge < -0.3 is 9.55 Å². The molecule has 7 rings (SSSR count). The lowest BCUT2D eigenvalue weighted by Gasteiger charge is -2.09. The molecular weight excluding hydrogens is 380 g/mol. The van der Waals surface area contributed by atoms with Gasteiger partial charge in [0.05, 0.1) is 16.7 Å². The molecule has 3 aromatic heterocycles. The van der Waals surface area contributed by atoms with Crippen LogP contribution in [0.4, 0.5) is 0 Å². The number of para-hydroxylation sites is 2. The van der Waals surface area contributed by atoms with Crippen molar-refractivity contribution in [3.63, 3.8) is 0 Å². The zero-order chi connectivity index (χ0) is 20.4. The van der Waals surface area contributed by atoms with Gasteiger partial charge >= 0.3 is 0 Å². The van der Waals surface area contributed by atoms with Gasteiger partial charge in [-0.15, -0.1) is 0 Å². The third-order valence-electron chi connectivity index (χ3n) is 6.17. The van der Waals surface area contributed by atoms with E-state index in [1.165, 1.54) is 32.6 Å². The Kier molecular flexibility index (Phi) is 3.24. The highest BCUT2D eigenvalue weighted by molar-refractivity contribution is 6.11. The Bertz CT molecular complexity index is 1730. The van der Waals surface area contributed by atoms with E-state index in [2.05, 4.69) is 99.6 Å². The second kappa shape index (κ2) is 6.09. The number of fused-ring (bicyclic) bond motifs is 6. The quantitative estimate of drug-likeness (QED) is 0.350. The monoisotopic (exact) mass is 398 g/mol. The summed E-state index contributed by atoms with van der Waals surface area (Å²) in [4.78, 5) is 3.58. The fraction of sp³-hybridized carbons (Fsp3) is 0. The molecule has 4 aromatic carbocycles. The van der Waals surface area contributed by atoms with Gasteiger partial charge in [-0.1, -0.05) is 48.5 Å². The first-order valence-electron chi connectivity index (χ1n) is 10.4. The topological polar surface area (TPSA) is 38.5 Å². The molecule has 7 aromatic rings. The number of aromatic nitrogens is 4. The summed E-state index contributed by atoms with van der Waals surface area (Å²) in [5.41, 5.74) is 6.87. The summed E-state index contributed by atoms with van der Waals surface area (Å²) in [5.74, 6) is 0. The fourth-order valence-electron chi connectivity index (χ4n) is 4.78. The van der Waals surface area contributed by atoms with E-state index in [1.807, 2.05) is 23.1 Å². The molecule has 0 aliphatic rings. The molecule has 0 radical (unpaired) electrons. The lowest BCUT2D eigenvalue weighted by atomic mass is 10.1. The molecule has 0 bridgehead atoms. The summed E-state index contributed by atoms with van der Waals surface area (Å²) < 4.78 is 4.25. The van der Waals surface area contributed by atoms with Crippen LogP contribution in [0.1, 0.15) is 0 Å². The molecule has 0 fully saturated rings. The number of benzene rings is 4. The van der Waals surface area contributed by atoms with Crippen molar-refractivity contribution in [3.05, 3.63) is 103 Å². The summed E-state index contributed by atoms with van der Waals surface area (Å²) in [6, 6.07) is 32.3. The lowest BCUT2D eigenvalue weighted by Crippen LogP contribution is -1.97. The number of nitrogens with one attached hydrogen (secondary N) is 1. The second-order valence-electron chi connectivity index (χ2n) is 7.91. The van der Waals surface area contributed by atoms with Crippen molar-refractivity contribution in [1.82, 2.24) is 19.3 Å². The first-order chi connectivity index (χ1) is 15.4. The van der Waals surface area contributed by atoms with Crippen molar-refractivity contribution >= 4 is 43.6 Å². The summed E-state index contributed by atoms with van der Waals surface area (Å²) in [7, 11) is 0. The van der Waals surface area contributed by atoms with Gasteiger partial charge in [0.1, 0.15) is 0 Å². The van der Waals surface area contributed by atoms with E-state index in [4.69, 9.17) is 0 Å². The minimum absolute atomic E-state index is 1.05. The average Bonchev–Trinajstić information content (AvgIpc) is 3.54. The van der Waals surface area contributed by atoms with Crippen LogP contribution in [0.5, 0.6) is 0 Å². The zero-order valence-corrected chi connectivity index (χ0v) is 16.7. The smallest absolute Gasteiger partial charge is 0.0666 e. The molecule has 0 spiro atoms. The molecule has 0 unspecified atom stereocenters. The third-order valence-corrected chi connectivity index (χ3v) is 6.17. The number of aromatic amines is 1. The largest absolute Gasteiger partial charge is 0.354 e. The Morgan fingerprint density at radius 3 is 2.23 bits per heavy atom. The lowest BCUT2D eigenvalue weighted by molar-refractivity contribution is 0.881. The SMILES string of the molecule is c1ccc2c(c1)[nH]c1cc(-n3c4ccccc4c4ccc(-n5cccn5)cc43)ccc12. The van der Waals surface area contributed by atoms with Crippen LogP contribution < -0.4 is 0 Å².